The number of carbonyl (C=O) groups is 1. The fourth-order valence-electron chi connectivity index (χ4n) is 4.12. The molecule has 0 unspecified atom stereocenters. The summed E-state index contributed by atoms with van der Waals surface area (Å²) in [7, 11) is 0. The third-order valence-corrected chi connectivity index (χ3v) is 5.93. The van der Waals surface area contributed by atoms with Gasteiger partial charge in [-0.05, 0) is 44.7 Å². The summed E-state index contributed by atoms with van der Waals surface area (Å²) in [6.45, 7) is 7.04. The van der Waals surface area contributed by atoms with Crippen molar-refractivity contribution in [1.29, 1.82) is 0 Å². The van der Waals surface area contributed by atoms with Crippen molar-refractivity contribution in [3.05, 3.63) is 41.5 Å². The van der Waals surface area contributed by atoms with E-state index in [1.165, 1.54) is 17.5 Å². The molecule has 3 atom stereocenters. The molecule has 1 saturated carbocycles. The molecule has 0 radical (unpaired) electrons. The summed E-state index contributed by atoms with van der Waals surface area (Å²) < 4.78 is 0. The molecular formula is C22H32N2O2. The van der Waals surface area contributed by atoms with Crippen LogP contribution >= 0.6 is 0 Å². The molecule has 1 heterocycles. The number of amides is 1. The molecule has 2 aliphatic rings. The van der Waals surface area contributed by atoms with Gasteiger partial charge in [0.15, 0.2) is 0 Å². The standard InChI is InChI=1S/C22H32N2O2/c1-4-6-16-9-11-17(12-10-16)21-19(23-20(21)14-25)13-24(15(2)3)22(26)18-7-5-8-18/h4,6,9-12,15,18-21,23,25H,5,7-8,13-14H2,1-3H3/b6-4+/t19-,20-,21+/m1/s1. The zero-order valence-electron chi connectivity index (χ0n) is 16.2. The van der Waals surface area contributed by atoms with E-state index in [9.17, 15) is 9.90 Å². The molecule has 3 rings (SSSR count). The Labute approximate surface area is 157 Å². The Kier molecular flexibility index (Phi) is 6.15. The van der Waals surface area contributed by atoms with Crippen LogP contribution in [0.25, 0.3) is 6.08 Å². The van der Waals surface area contributed by atoms with E-state index in [1.54, 1.807) is 0 Å². The van der Waals surface area contributed by atoms with Crippen LogP contribution in [0.1, 0.15) is 57.1 Å². The number of nitrogens with zero attached hydrogens (tertiary/aromatic N) is 1. The van der Waals surface area contributed by atoms with Gasteiger partial charge in [-0.1, -0.05) is 42.8 Å². The molecule has 4 heteroatoms. The van der Waals surface area contributed by atoms with Crippen molar-refractivity contribution in [3.63, 3.8) is 0 Å². The Morgan fingerprint density at radius 1 is 1.27 bits per heavy atom. The summed E-state index contributed by atoms with van der Waals surface area (Å²) in [5, 5.41) is 13.2. The van der Waals surface area contributed by atoms with Crippen molar-refractivity contribution in [3.8, 4) is 0 Å². The zero-order valence-corrected chi connectivity index (χ0v) is 16.2. The van der Waals surface area contributed by atoms with Crippen LogP contribution in [0.5, 0.6) is 0 Å². The Balaban J connectivity index is 1.72. The molecule has 26 heavy (non-hydrogen) atoms. The third kappa shape index (κ3) is 3.86. The minimum atomic E-state index is 0.0698. The van der Waals surface area contributed by atoms with Gasteiger partial charge in [-0.2, -0.15) is 0 Å². The Hall–Kier alpha value is -1.65. The number of benzene rings is 1. The van der Waals surface area contributed by atoms with Gasteiger partial charge in [0.2, 0.25) is 5.91 Å². The lowest BCUT2D eigenvalue weighted by Gasteiger charge is -2.49. The smallest absolute Gasteiger partial charge is 0.225 e. The monoisotopic (exact) mass is 356 g/mol. The van der Waals surface area contributed by atoms with Crippen LogP contribution < -0.4 is 5.32 Å². The highest BCUT2D eigenvalue weighted by Crippen LogP contribution is 2.35. The fraction of sp³-hybridized carbons (Fsp3) is 0.591. The number of hydrogen-bond donors (Lipinski definition) is 2. The van der Waals surface area contributed by atoms with Gasteiger partial charge in [0.25, 0.3) is 0 Å². The van der Waals surface area contributed by atoms with Crippen LogP contribution in [-0.4, -0.2) is 47.2 Å². The summed E-state index contributed by atoms with van der Waals surface area (Å²) in [6, 6.07) is 9.04. The van der Waals surface area contributed by atoms with Gasteiger partial charge in [0, 0.05) is 36.5 Å². The quantitative estimate of drug-likeness (QED) is 0.789. The van der Waals surface area contributed by atoms with Crippen molar-refractivity contribution in [2.45, 2.75) is 64.1 Å². The second-order valence-electron chi connectivity index (χ2n) is 7.97. The van der Waals surface area contributed by atoms with Crippen LogP contribution in [0.3, 0.4) is 0 Å². The summed E-state index contributed by atoms with van der Waals surface area (Å²) in [4.78, 5) is 14.8. The van der Waals surface area contributed by atoms with Crippen molar-refractivity contribution < 1.29 is 9.90 Å². The fourth-order valence-corrected chi connectivity index (χ4v) is 4.12. The molecule has 1 saturated heterocycles. The Bertz CT molecular complexity index is 634. The second-order valence-corrected chi connectivity index (χ2v) is 7.97. The molecule has 2 fully saturated rings. The van der Waals surface area contributed by atoms with E-state index >= 15 is 0 Å². The second kappa shape index (κ2) is 8.36. The summed E-state index contributed by atoms with van der Waals surface area (Å²) in [5.74, 6) is 0.780. The number of carbonyl (C=O) groups excluding carboxylic acids is 1. The van der Waals surface area contributed by atoms with E-state index < -0.39 is 0 Å². The first kappa shape index (κ1) is 19.1. The first-order valence-electron chi connectivity index (χ1n) is 9.95. The minimum absolute atomic E-state index is 0.0698. The average molecular weight is 357 g/mol. The van der Waals surface area contributed by atoms with Gasteiger partial charge in [0.05, 0.1) is 6.61 Å². The van der Waals surface area contributed by atoms with Crippen molar-refractivity contribution in [2.24, 2.45) is 5.92 Å². The summed E-state index contributed by atoms with van der Waals surface area (Å²) in [5.41, 5.74) is 2.42. The van der Waals surface area contributed by atoms with Gasteiger partial charge in [-0.3, -0.25) is 4.79 Å². The molecule has 4 nitrogen and oxygen atoms in total. The summed E-state index contributed by atoms with van der Waals surface area (Å²) in [6.07, 6.45) is 7.37. The van der Waals surface area contributed by atoms with Gasteiger partial charge in [-0.25, -0.2) is 0 Å². The van der Waals surface area contributed by atoms with Crippen molar-refractivity contribution in [1.82, 2.24) is 10.2 Å². The van der Waals surface area contributed by atoms with Crippen LogP contribution in [-0.2, 0) is 4.79 Å². The predicted octanol–water partition coefficient (Wildman–Crippen LogP) is 3.17. The first-order valence-corrected chi connectivity index (χ1v) is 9.95. The highest BCUT2D eigenvalue weighted by molar-refractivity contribution is 5.80. The molecule has 1 aromatic rings. The van der Waals surface area contributed by atoms with E-state index in [0.29, 0.717) is 12.5 Å². The van der Waals surface area contributed by atoms with E-state index in [2.05, 4.69) is 49.5 Å². The van der Waals surface area contributed by atoms with E-state index in [4.69, 9.17) is 0 Å². The minimum Gasteiger partial charge on any atom is -0.395 e. The van der Waals surface area contributed by atoms with Gasteiger partial charge in [0.1, 0.15) is 0 Å². The molecule has 0 spiro atoms. The van der Waals surface area contributed by atoms with Gasteiger partial charge < -0.3 is 15.3 Å². The van der Waals surface area contributed by atoms with E-state index in [0.717, 1.165) is 12.8 Å². The predicted molar refractivity (Wildman–Crippen MR) is 106 cm³/mol. The number of allylic oxidation sites excluding steroid dienone is 1. The molecule has 2 N–H and O–H groups in total. The topological polar surface area (TPSA) is 52.6 Å². The number of rotatable bonds is 7. The van der Waals surface area contributed by atoms with Crippen molar-refractivity contribution in [2.75, 3.05) is 13.2 Å². The normalized spacial score (nSPS) is 26.0. The van der Waals surface area contributed by atoms with Crippen LogP contribution in [0, 0.1) is 5.92 Å². The van der Waals surface area contributed by atoms with Gasteiger partial charge in [-0.15, -0.1) is 0 Å². The number of nitrogens with one attached hydrogen (secondary N) is 1. The molecule has 1 amide bonds. The average Bonchev–Trinajstić information content (AvgIpc) is 2.54. The lowest BCUT2D eigenvalue weighted by molar-refractivity contribution is -0.141. The molecule has 142 valence electrons. The molecule has 1 aromatic carbocycles. The van der Waals surface area contributed by atoms with E-state index in [-0.39, 0.29) is 36.6 Å². The van der Waals surface area contributed by atoms with Crippen LogP contribution in [0.4, 0.5) is 0 Å². The molecule has 1 aliphatic carbocycles. The van der Waals surface area contributed by atoms with Crippen LogP contribution in [0.2, 0.25) is 0 Å². The Morgan fingerprint density at radius 3 is 2.46 bits per heavy atom. The molecular weight excluding hydrogens is 324 g/mol. The third-order valence-electron chi connectivity index (χ3n) is 5.93. The SMILES string of the molecule is C/C=C/c1ccc([C@@H]2[C@@H](CO)N[C@@H]2CN(C(=O)C2CCC2)C(C)C)cc1. The first-order chi connectivity index (χ1) is 12.5. The van der Waals surface area contributed by atoms with Crippen molar-refractivity contribution >= 4 is 12.0 Å². The molecule has 0 aromatic heterocycles. The van der Waals surface area contributed by atoms with E-state index in [1.807, 2.05) is 17.9 Å². The largest absolute Gasteiger partial charge is 0.395 e. The molecule has 0 bridgehead atoms. The number of aliphatic hydroxyl groups excluding tert-OH is 1. The highest BCUT2D eigenvalue weighted by atomic mass is 16.3. The lowest BCUT2D eigenvalue weighted by atomic mass is 9.76. The maximum absolute atomic E-state index is 12.8. The highest BCUT2D eigenvalue weighted by Gasteiger charge is 2.43. The zero-order chi connectivity index (χ0) is 18.7. The van der Waals surface area contributed by atoms with Crippen LogP contribution in [0.15, 0.2) is 30.3 Å². The maximum atomic E-state index is 12.8. The number of hydrogen-bond acceptors (Lipinski definition) is 3. The lowest BCUT2D eigenvalue weighted by Crippen LogP contribution is -2.66. The summed E-state index contributed by atoms with van der Waals surface area (Å²) >= 11 is 0. The van der Waals surface area contributed by atoms with Gasteiger partial charge >= 0.3 is 0 Å². The molecule has 1 aliphatic heterocycles. The number of aliphatic hydroxyl groups is 1. The Morgan fingerprint density at radius 2 is 1.96 bits per heavy atom. The maximum Gasteiger partial charge on any atom is 0.225 e.